The minimum atomic E-state index is -4.83. The highest BCUT2D eigenvalue weighted by Gasteiger charge is 2.40. The van der Waals surface area contributed by atoms with Crippen LogP contribution >= 0.6 is 0 Å². The summed E-state index contributed by atoms with van der Waals surface area (Å²) in [6.07, 6.45) is -5.51. The third-order valence-electron chi connectivity index (χ3n) is 3.74. The minimum Gasteiger partial charge on any atom is -0.469 e. The van der Waals surface area contributed by atoms with E-state index in [-0.39, 0.29) is 0 Å². The number of benzene rings is 1. The molecule has 1 amide bonds. The summed E-state index contributed by atoms with van der Waals surface area (Å²) in [4.78, 5) is 48.1. The SMILES string of the molecule is COC(=O)C[C@@H](C(=O)OC)[C@H](NC(=O)c1ccccc1C(F)(F)F)C(=O)OC. The summed E-state index contributed by atoms with van der Waals surface area (Å²) in [5.41, 5.74) is -2.01. The van der Waals surface area contributed by atoms with Gasteiger partial charge in [0.25, 0.3) is 5.91 Å². The molecule has 1 rings (SSSR count). The molecule has 0 radical (unpaired) electrons. The minimum absolute atomic E-state index is 0.676. The van der Waals surface area contributed by atoms with Crippen LogP contribution in [0.1, 0.15) is 22.3 Å². The lowest BCUT2D eigenvalue weighted by molar-refractivity contribution is -0.158. The van der Waals surface area contributed by atoms with E-state index in [9.17, 15) is 32.3 Å². The number of carbonyl (C=O) groups excluding carboxylic acids is 4. The molecule has 0 fully saturated rings. The number of carbonyl (C=O) groups is 4. The van der Waals surface area contributed by atoms with Crippen LogP contribution in [0, 0.1) is 5.92 Å². The second-order valence-corrected chi connectivity index (χ2v) is 5.43. The van der Waals surface area contributed by atoms with Crippen LogP contribution in [0.5, 0.6) is 0 Å². The van der Waals surface area contributed by atoms with Crippen molar-refractivity contribution in [1.29, 1.82) is 0 Å². The summed E-state index contributed by atoms with van der Waals surface area (Å²) in [7, 11) is 2.95. The fourth-order valence-electron chi connectivity index (χ4n) is 2.35. The monoisotopic (exact) mass is 405 g/mol. The van der Waals surface area contributed by atoms with Gasteiger partial charge in [-0.15, -0.1) is 0 Å². The number of hydrogen-bond acceptors (Lipinski definition) is 7. The van der Waals surface area contributed by atoms with Crippen LogP contribution in [0.15, 0.2) is 24.3 Å². The smallest absolute Gasteiger partial charge is 0.417 e. The van der Waals surface area contributed by atoms with Crippen molar-refractivity contribution in [3.8, 4) is 0 Å². The maximum absolute atomic E-state index is 13.1. The highest BCUT2D eigenvalue weighted by atomic mass is 19.4. The Morgan fingerprint density at radius 3 is 2.04 bits per heavy atom. The van der Waals surface area contributed by atoms with Gasteiger partial charge in [-0.1, -0.05) is 12.1 Å². The predicted octanol–water partition coefficient (Wildman–Crippen LogP) is 1.33. The van der Waals surface area contributed by atoms with Gasteiger partial charge in [-0.3, -0.25) is 14.4 Å². The molecule has 0 bridgehead atoms. The highest BCUT2D eigenvalue weighted by Crippen LogP contribution is 2.32. The van der Waals surface area contributed by atoms with E-state index in [1.54, 1.807) is 0 Å². The first-order valence-corrected chi connectivity index (χ1v) is 7.76. The van der Waals surface area contributed by atoms with Gasteiger partial charge in [-0.2, -0.15) is 13.2 Å². The summed E-state index contributed by atoms with van der Waals surface area (Å²) >= 11 is 0. The van der Waals surface area contributed by atoms with Gasteiger partial charge >= 0.3 is 24.1 Å². The molecule has 0 unspecified atom stereocenters. The van der Waals surface area contributed by atoms with Crippen LogP contribution in [0.3, 0.4) is 0 Å². The lowest BCUT2D eigenvalue weighted by Crippen LogP contribution is -2.50. The Morgan fingerprint density at radius 2 is 1.54 bits per heavy atom. The molecular formula is C17H18F3NO7. The number of amides is 1. The summed E-state index contributed by atoms with van der Waals surface area (Å²) < 4.78 is 52.8. The van der Waals surface area contributed by atoms with Crippen LogP contribution < -0.4 is 5.32 Å². The quantitative estimate of drug-likeness (QED) is 0.539. The largest absolute Gasteiger partial charge is 0.469 e. The molecule has 154 valence electrons. The molecule has 0 aliphatic carbocycles. The molecule has 0 heterocycles. The van der Waals surface area contributed by atoms with Gasteiger partial charge in [-0.05, 0) is 12.1 Å². The molecule has 0 aliphatic heterocycles. The lowest BCUT2D eigenvalue weighted by atomic mass is 9.95. The molecule has 2 atom stereocenters. The van der Waals surface area contributed by atoms with E-state index < -0.39 is 59.5 Å². The van der Waals surface area contributed by atoms with Crippen molar-refractivity contribution in [3.05, 3.63) is 35.4 Å². The van der Waals surface area contributed by atoms with E-state index in [0.29, 0.717) is 6.07 Å². The number of alkyl halides is 3. The van der Waals surface area contributed by atoms with Crippen molar-refractivity contribution in [2.45, 2.75) is 18.6 Å². The normalized spacial score (nSPS) is 13.1. The molecule has 0 saturated heterocycles. The van der Waals surface area contributed by atoms with E-state index in [4.69, 9.17) is 0 Å². The van der Waals surface area contributed by atoms with E-state index in [0.717, 1.165) is 33.5 Å². The van der Waals surface area contributed by atoms with Crippen LogP contribution in [-0.2, 0) is 34.8 Å². The Hall–Kier alpha value is -3.11. The molecule has 0 aromatic heterocycles. The molecule has 11 heteroatoms. The fraction of sp³-hybridized carbons (Fsp3) is 0.412. The van der Waals surface area contributed by atoms with Crippen molar-refractivity contribution in [3.63, 3.8) is 0 Å². The Bertz CT molecular complexity index is 749. The standard InChI is InChI=1S/C17H18F3NO7/c1-26-12(22)8-10(15(24)27-2)13(16(25)28-3)21-14(23)9-6-4-5-7-11(9)17(18,19)20/h4-7,10,13H,8H2,1-3H3,(H,21,23)/t10-,13+/m1/s1. The van der Waals surface area contributed by atoms with E-state index in [1.165, 1.54) is 6.07 Å². The zero-order valence-corrected chi connectivity index (χ0v) is 15.2. The Balaban J connectivity index is 3.29. The number of nitrogens with one attached hydrogen (secondary N) is 1. The first-order valence-electron chi connectivity index (χ1n) is 7.76. The van der Waals surface area contributed by atoms with Gasteiger partial charge < -0.3 is 19.5 Å². The van der Waals surface area contributed by atoms with Gasteiger partial charge in [0.15, 0.2) is 0 Å². The van der Waals surface area contributed by atoms with Crippen LogP contribution in [0.2, 0.25) is 0 Å². The predicted molar refractivity (Wildman–Crippen MR) is 86.9 cm³/mol. The summed E-state index contributed by atoms with van der Waals surface area (Å²) in [6.45, 7) is 0. The van der Waals surface area contributed by atoms with E-state index in [1.807, 2.05) is 5.32 Å². The topological polar surface area (TPSA) is 108 Å². The fourth-order valence-corrected chi connectivity index (χ4v) is 2.35. The first-order chi connectivity index (χ1) is 13.1. The van der Waals surface area contributed by atoms with Gasteiger partial charge in [0.2, 0.25) is 0 Å². The Kier molecular flexibility index (Phi) is 7.96. The average Bonchev–Trinajstić information content (AvgIpc) is 2.68. The van der Waals surface area contributed by atoms with Crippen molar-refractivity contribution in [2.24, 2.45) is 5.92 Å². The van der Waals surface area contributed by atoms with Crippen molar-refractivity contribution >= 4 is 23.8 Å². The van der Waals surface area contributed by atoms with Crippen LogP contribution in [0.4, 0.5) is 13.2 Å². The molecule has 1 aromatic rings. The zero-order chi connectivity index (χ0) is 21.5. The van der Waals surface area contributed by atoms with Gasteiger partial charge in [0, 0.05) is 0 Å². The third-order valence-corrected chi connectivity index (χ3v) is 3.74. The maximum Gasteiger partial charge on any atom is 0.417 e. The van der Waals surface area contributed by atoms with E-state index >= 15 is 0 Å². The van der Waals surface area contributed by atoms with Crippen molar-refractivity contribution in [1.82, 2.24) is 5.32 Å². The van der Waals surface area contributed by atoms with E-state index in [2.05, 4.69) is 14.2 Å². The molecule has 0 aliphatic rings. The van der Waals surface area contributed by atoms with Gasteiger partial charge in [-0.25, -0.2) is 4.79 Å². The molecule has 1 aromatic carbocycles. The lowest BCUT2D eigenvalue weighted by Gasteiger charge is -2.24. The van der Waals surface area contributed by atoms with Crippen molar-refractivity contribution in [2.75, 3.05) is 21.3 Å². The van der Waals surface area contributed by atoms with Crippen LogP contribution in [0.25, 0.3) is 0 Å². The number of hydrogen-bond donors (Lipinski definition) is 1. The average molecular weight is 405 g/mol. The molecular weight excluding hydrogens is 387 g/mol. The zero-order valence-electron chi connectivity index (χ0n) is 15.2. The molecule has 8 nitrogen and oxygen atoms in total. The number of ether oxygens (including phenoxy) is 3. The van der Waals surface area contributed by atoms with Gasteiger partial charge in [0.1, 0.15) is 6.04 Å². The molecule has 28 heavy (non-hydrogen) atoms. The first kappa shape index (κ1) is 22.9. The third kappa shape index (κ3) is 5.69. The number of halogens is 3. The molecule has 1 N–H and O–H groups in total. The highest BCUT2D eigenvalue weighted by molar-refractivity contribution is 5.99. The number of esters is 3. The van der Waals surface area contributed by atoms with Crippen LogP contribution in [-0.4, -0.2) is 51.2 Å². The second kappa shape index (κ2) is 9.72. The maximum atomic E-state index is 13.1. The van der Waals surface area contributed by atoms with Gasteiger partial charge in [0.05, 0.1) is 44.8 Å². The number of methoxy groups -OCH3 is 3. The Morgan fingerprint density at radius 1 is 0.964 bits per heavy atom. The summed E-state index contributed by atoms with van der Waals surface area (Å²) in [5.74, 6) is -5.99. The second-order valence-electron chi connectivity index (χ2n) is 5.43. The molecule has 0 saturated carbocycles. The number of rotatable bonds is 7. The Labute approximate surface area is 157 Å². The summed E-state index contributed by atoms with van der Waals surface area (Å²) in [5, 5.41) is 2.02. The van der Waals surface area contributed by atoms with Crippen molar-refractivity contribution < 1.29 is 46.6 Å². The molecule has 0 spiro atoms. The summed E-state index contributed by atoms with van der Waals surface area (Å²) in [6, 6.07) is 2.09.